The summed E-state index contributed by atoms with van der Waals surface area (Å²) in [6.07, 6.45) is 2.38. The Morgan fingerprint density at radius 1 is 1.40 bits per heavy atom. The highest BCUT2D eigenvalue weighted by Gasteiger charge is 2.24. The molecule has 1 fully saturated rings. The van der Waals surface area contributed by atoms with Crippen LogP contribution in [0, 0.1) is 25.6 Å². The van der Waals surface area contributed by atoms with Crippen molar-refractivity contribution in [1.29, 1.82) is 0 Å². The van der Waals surface area contributed by atoms with Gasteiger partial charge in [-0.05, 0) is 56.2 Å². The fraction of sp³-hybridized carbons (Fsp3) is 0.471. The van der Waals surface area contributed by atoms with Crippen LogP contribution >= 0.6 is 23.1 Å². The van der Waals surface area contributed by atoms with Gasteiger partial charge in [0.15, 0.2) is 0 Å². The Morgan fingerprint density at radius 2 is 2.12 bits per heavy atom. The van der Waals surface area contributed by atoms with Crippen molar-refractivity contribution in [2.75, 3.05) is 18.4 Å². The van der Waals surface area contributed by atoms with Gasteiger partial charge in [-0.2, -0.15) is 4.37 Å². The minimum atomic E-state index is -0.248. The third-order valence-corrected chi connectivity index (χ3v) is 5.61. The Kier molecular flexibility index (Phi) is 5.54. The van der Waals surface area contributed by atoms with Crippen LogP contribution in [0.5, 0.6) is 0 Å². The summed E-state index contributed by atoms with van der Waals surface area (Å²) in [7, 11) is 0. The maximum atomic E-state index is 14.1. The number of amides is 2. The highest BCUT2D eigenvalue weighted by molar-refractivity contribution is 7.09. The fourth-order valence-corrected chi connectivity index (χ4v) is 3.76. The molecule has 0 saturated carbocycles. The monoisotopic (exact) mass is 382 g/mol. The van der Waals surface area contributed by atoms with Crippen molar-refractivity contribution in [2.24, 2.45) is 5.92 Å². The number of benzene rings is 1. The van der Waals surface area contributed by atoms with Gasteiger partial charge in [-0.15, -0.1) is 0 Å². The maximum absolute atomic E-state index is 14.1. The first-order chi connectivity index (χ1) is 11.9. The molecule has 0 unspecified atom stereocenters. The van der Waals surface area contributed by atoms with Gasteiger partial charge in [-0.25, -0.2) is 14.2 Å². The predicted octanol–water partition coefficient (Wildman–Crippen LogP) is 4.43. The van der Waals surface area contributed by atoms with Gasteiger partial charge < -0.3 is 4.90 Å². The van der Waals surface area contributed by atoms with E-state index in [0.717, 1.165) is 18.4 Å². The maximum Gasteiger partial charge on any atom is 0.323 e. The van der Waals surface area contributed by atoms with Gasteiger partial charge in [-0.3, -0.25) is 5.32 Å². The second kappa shape index (κ2) is 7.66. The van der Waals surface area contributed by atoms with Gasteiger partial charge in [-0.1, -0.05) is 17.7 Å². The molecule has 1 aromatic carbocycles. The van der Waals surface area contributed by atoms with E-state index >= 15 is 0 Å². The SMILES string of the molecule is Cc1nsc(NC(=O)N2CCC(Cc3cc(C)c(Cl)cc3F)CC2)n1. The second-order valence-corrected chi connectivity index (χ2v) is 7.56. The molecule has 0 aliphatic carbocycles. The number of hydrogen-bond donors (Lipinski definition) is 1. The number of piperidine rings is 1. The third kappa shape index (κ3) is 4.46. The van der Waals surface area contributed by atoms with E-state index in [0.29, 0.717) is 47.0 Å². The highest BCUT2D eigenvalue weighted by atomic mass is 35.5. The summed E-state index contributed by atoms with van der Waals surface area (Å²) < 4.78 is 18.1. The van der Waals surface area contributed by atoms with Crippen LogP contribution in [0.25, 0.3) is 0 Å². The lowest BCUT2D eigenvalue weighted by atomic mass is 9.89. The molecule has 1 aliphatic rings. The molecule has 2 heterocycles. The minimum absolute atomic E-state index is 0.150. The standard InChI is InChI=1S/C17H20ClFN4OS/c1-10-7-13(15(19)9-14(10)18)8-12-3-5-23(6-4-12)17(24)21-16-20-11(2)22-25-16/h7,9,12H,3-6,8H2,1-2H3,(H,20,21,22,24). The number of aromatic nitrogens is 2. The molecule has 1 aliphatic heterocycles. The van der Waals surface area contributed by atoms with Crippen LogP contribution in [0.2, 0.25) is 5.02 Å². The normalized spacial score (nSPS) is 15.4. The molecule has 0 atom stereocenters. The summed E-state index contributed by atoms with van der Waals surface area (Å²) in [5, 5.41) is 3.75. The Bertz CT molecular complexity index is 774. The molecule has 8 heteroatoms. The molecule has 134 valence electrons. The van der Waals surface area contributed by atoms with E-state index in [4.69, 9.17) is 11.6 Å². The van der Waals surface area contributed by atoms with Crippen molar-refractivity contribution in [3.8, 4) is 0 Å². The van der Waals surface area contributed by atoms with Gasteiger partial charge >= 0.3 is 6.03 Å². The number of halogens is 2. The van der Waals surface area contributed by atoms with E-state index < -0.39 is 0 Å². The Labute approximate surface area is 155 Å². The molecule has 0 spiro atoms. The van der Waals surface area contributed by atoms with Crippen LogP contribution in [-0.2, 0) is 6.42 Å². The van der Waals surface area contributed by atoms with Crippen LogP contribution < -0.4 is 5.32 Å². The summed E-state index contributed by atoms with van der Waals surface area (Å²) in [4.78, 5) is 18.2. The number of urea groups is 1. The van der Waals surface area contributed by atoms with Crippen LogP contribution in [0.1, 0.15) is 29.8 Å². The van der Waals surface area contributed by atoms with Crippen molar-refractivity contribution < 1.29 is 9.18 Å². The summed E-state index contributed by atoms with van der Waals surface area (Å²) in [6.45, 7) is 4.98. The van der Waals surface area contributed by atoms with Crippen LogP contribution in [0.3, 0.4) is 0 Å². The fourth-order valence-electron chi connectivity index (χ4n) is 3.04. The quantitative estimate of drug-likeness (QED) is 0.854. The van der Waals surface area contributed by atoms with E-state index in [9.17, 15) is 9.18 Å². The average molecular weight is 383 g/mol. The van der Waals surface area contributed by atoms with Crippen molar-refractivity contribution in [1.82, 2.24) is 14.3 Å². The number of likely N-dealkylation sites (tertiary alicyclic amines) is 1. The lowest BCUT2D eigenvalue weighted by Gasteiger charge is -2.31. The zero-order chi connectivity index (χ0) is 18.0. The number of nitrogens with one attached hydrogen (secondary N) is 1. The van der Waals surface area contributed by atoms with Gasteiger partial charge in [0.25, 0.3) is 0 Å². The first kappa shape index (κ1) is 18.1. The van der Waals surface area contributed by atoms with E-state index in [-0.39, 0.29) is 11.8 Å². The molecular formula is C17H20ClFN4OS. The summed E-state index contributed by atoms with van der Waals surface area (Å²) in [5.74, 6) is 0.768. The molecular weight excluding hydrogens is 363 g/mol. The van der Waals surface area contributed by atoms with E-state index in [1.165, 1.54) is 17.6 Å². The highest BCUT2D eigenvalue weighted by Crippen LogP contribution is 2.26. The van der Waals surface area contributed by atoms with Crippen molar-refractivity contribution in [2.45, 2.75) is 33.1 Å². The topological polar surface area (TPSA) is 58.1 Å². The molecule has 0 radical (unpaired) electrons. The first-order valence-corrected chi connectivity index (χ1v) is 9.38. The number of hydrogen-bond acceptors (Lipinski definition) is 4. The number of carbonyl (C=O) groups is 1. The Morgan fingerprint density at radius 3 is 2.76 bits per heavy atom. The number of nitrogens with zero attached hydrogens (tertiary/aromatic N) is 3. The number of rotatable bonds is 3. The van der Waals surface area contributed by atoms with Crippen molar-refractivity contribution in [3.05, 3.63) is 39.9 Å². The van der Waals surface area contributed by atoms with Crippen LogP contribution in [-0.4, -0.2) is 33.4 Å². The van der Waals surface area contributed by atoms with Gasteiger partial charge in [0.2, 0.25) is 5.13 Å². The number of anilines is 1. The van der Waals surface area contributed by atoms with Crippen LogP contribution in [0.4, 0.5) is 14.3 Å². The minimum Gasteiger partial charge on any atom is -0.324 e. The summed E-state index contributed by atoms with van der Waals surface area (Å²) >= 11 is 7.13. The average Bonchev–Trinajstić information content (AvgIpc) is 2.98. The van der Waals surface area contributed by atoms with E-state index in [1.807, 2.05) is 13.0 Å². The predicted molar refractivity (Wildman–Crippen MR) is 97.8 cm³/mol. The number of aryl methyl sites for hydroxylation is 2. The molecule has 3 rings (SSSR count). The summed E-state index contributed by atoms with van der Waals surface area (Å²) in [5.41, 5.74) is 1.59. The summed E-state index contributed by atoms with van der Waals surface area (Å²) in [6, 6.07) is 3.07. The molecule has 5 nitrogen and oxygen atoms in total. The Hall–Kier alpha value is -1.73. The zero-order valence-electron chi connectivity index (χ0n) is 14.2. The lowest BCUT2D eigenvalue weighted by molar-refractivity contribution is 0.182. The van der Waals surface area contributed by atoms with Gasteiger partial charge in [0.05, 0.1) is 0 Å². The largest absolute Gasteiger partial charge is 0.324 e. The molecule has 25 heavy (non-hydrogen) atoms. The number of carbonyl (C=O) groups excluding carboxylic acids is 1. The second-order valence-electron chi connectivity index (χ2n) is 6.40. The van der Waals surface area contributed by atoms with E-state index in [2.05, 4.69) is 14.7 Å². The lowest BCUT2D eigenvalue weighted by Crippen LogP contribution is -2.41. The smallest absolute Gasteiger partial charge is 0.323 e. The van der Waals surface area contributed by atoms with Crippen LogP contribution in [0.15, 0.2) is 12.1 Å². The molecule has 2 aromatic rings. The molecule has 2 amide bonds. The third-order valence-electron chi connectivity index (χ3n) is 4.48. The molecule has 1 saturated heterocycles. The zero-order valence-corrected chi connectivity index (χ0v) is 15.8. The van der Waals surface area contributed by atoms with Crippen molar-refractivity contribution >= 4 is 34.3 Å². The van der Waals surface area contributed by atoms with Gasteiger partial charge in [0, 0.05) is 29.6 Å². The first-order valence-electron chi connectivity index (χ1n) is 8.23. The van der Waals surface area contributed by atoms with E-state index in [1.54, 1.807) is 11.8 Å². The Balaban J connectivity index is 1.53. The molecule has 1 N–H and O–H groups in total. The molecule has 1 aromatic heterocycles. The molecule has 0 bridgehead atoms. The van der Waals surface area contributed by atoms with Crippen molar-refractivity contribution in [3.63, 3.8) is 0 Å². The van der Waals surface area contributed by atoms with Gasteiger partial charge in [0.1, 0.15) is 11.6 Å².